The van der Waals surface area contributed by atoms with Gasteiger partial charge < -0.3 is 9.13 Å². The number of hydrogen-bond acceptors (Lipinski definition) is 4. The molecule has 0 aliphatic rings. The number of para-hydroxylation sites is 2. The molecule has 318 valence electrons. The van der Waals surface area contributed by atoms with E-state index in [9.17, 15) is 31.6 Å². The van der Waals surface area contributed by atoms with E-state index >= 15 is 0 Å². The Labute approximate surface area is 371 Å². The largest absolute Gasteiger partial charge is 0.416 e. The van der Waals surface area contributed by atoms with Gasteiger partial charge in [-0.05, 0) is 78.9 Å². The standard InChI is InChI=1S/C54H30F6N6/c55-53(56,57)36-21-25-47-42(29-36)38-15-7-9-17-44(38)65(47)46-24-20-35(52-63-50(33-11-3-1-4-12-33)62-51(64-52)34-13-5-2-6-14-34)28-41(46)40-23-19-32(31-61)27-49(40)66-45-18-10-8-16-39(45)43-30-37(54(58,59)60)22-26-48(43)66/h1-30H. The van der Waals surface area contributed by atoms with Crippen molar-refractivity contribution in [1.82, 2.24) is 24.1 Å². The summed E-state index contributed by atoms with van der Waals surface area (Å²) in [6, 6.07) is 53.6. The van der Waals surface area contributed by atoms with Crippen LogP contribution < -0.4 is 0 Å². The van der Waals surface area contributed by atoms with E-state index in [1.807, 2.05) is 106 Å². The minimum absolute atomic E-state index is 0.290. The average Bonchev–Trinajstić information content (AvgIpc) is 3.85. The maximum atomic E-state index is 14.2. The second-order valence-electron chi connectivity index (χ2n) is 15.8. The van der Waals surface area contributed by atoms with Gasteiger partial charge in [-0.25, -0.2) is 15.0 Å². The Bertz CT molecular complexity index is 3690. The highest BCUT2D eigenvalue weighted by molar-refractivity contribution is 6.12. The van der Waals surface area contributed by atoms with Crippen molar-refractivity contribution in [2.75, 3.05) is 0 Å². The lowest BCUT2D eigenvalue weighted by Gasteiger charge is -2.20. The summed E-state index contributed by atoms with van der Waals surface area (Å²) < 4.78 is 89.2. The van der Waals surface area contributed by atoms with Crippen molar-refractivity contribution in [2.24, 2.45) is 0 Å². The third kappa shape index (κ3) is 6.80. The molecule has 0 aliphatic heterocycles. The van der Waals surface area contributed by atoms with Crippen LogP contribution >= 0.6 is 0 Å². The maximum absolute atomic E-state index is 14.2. The molecular formula is C54H30F6N6. The van der Waals surface area contributed by atoms with E-state index in [2.05, 4.69) is 6.07 Å². The Balaban J connectivity index is 1.24. The van der Waals surface area contributed by atoms with E-state index < -0.39 is 23.5 Å². The highest BCUT2D eigenvalue weighted by Crippen LogP contribution is 2.44. The van der Waals surface area contributed by atoms with E-state index in [0.29, 0.717) is 94.7 Å². The van der Waals surface area contributed by atoms with Crippen molar-refractivity contribution in [3.8, 4) is 62.7 Å². The van der Waals surface area contributed by atoms with Crippen LogP contribution in [0, 0.1) is 11.3 Å². The van der Waals surface area contributed by atoms with E-state index in [-0.39, 0.29) is 0 Å². The molecule has 11 rings (SSSR count). The SMILES string of the molecule is N#Cc1ccc(-c2cc(-c3nc(-c4ccccc4)nc(-c4ccccc4)n3)ccc2-n2c3ccccc3c3cc(C(F)(F)F)ccc32)c(-n2c3ccccc3c3cc(C(F)(F)F)ccc32)c1. The fourth-order valence-corrected chi connectivity index (χ4v) is 8.86. The van der Waals surface area contributed by atoms with Gasteiger partial charge in [-0.3, -0.25) is 0 Å². The molecule has 12 heteroatoms. The Kier molecular flexibility index (Phi) is 9.33. The van der Waals surface area contributed by atoms with Crippen molar-refractivity contribution in [3.05, 3.63) is 199 Å². The van der Waals surface area contributed by atoms with Gasteiger partial charge in [0, 0.05) is 49.4 Å². The molecule has 3 aromatic heterocycles. The lowest BCUT2D eigenvalue weighted by Crippen LogP contribution is -2.05. The topological polar surface area (TPSA) is 72.3 Å². The van der Waals surface area contributed by atoms with Crippen LogP contribution in [0.15, 0.2) is 182 Å². The van der Waals surface area contributed by atoms with Crippen LogP contribution in [-0.2, 0) is 12.4 Å². The van der Waals surface area contributed by atoms with E-state index in [1.165, 1.54) is 12.1 Å². The average molecular weight is 877 g/mol. The number of fused-ring (bicyclic) bond motifs is 6. The summed E-state index contributed by atoms with van der Waals surface area (Å²) in [5.74, 6) is 1.19. The molecule has 11 aromatic rings. The minimum Gasteiger partial charge on any atom is -0.309 e. The zero-order valence-corrected chi connectivity index (χ0v) is 34.3. The lowest BCUT2D eigenvalue weighted by atomic mass is 9.96. The fraction of sp³-hybridized carbons (Fsp3) is 0.0370. The summed E-state index contributed by atoms with van der Waals surface area (Å²) in [5, 5.41) is 12.2. The summed E-state index contributed by atoms with van der Waals surface area (Å²) >= 11 is 0. The lowest BCUT2D eigenvalue weighted by molar-refractivity contribution is -0.138. The van der Waals surface area contributed by atoms with Crippen LogP contribution in [0.3, 0.4) is 0 Å². The van der Waals surface area contributed by atoms with Crippen LogP contribution in [0.25, 0.3) is 100 Å². The van der Waals surface area contributed by atoms with E-state index in [1.54, 1.807) is 48.5 Å². The number of nitriles is 1. The molecule has 0 unspecified atom stereocenters. The number of rotatable bonds is 6. The van der Waals surface area contributed by atoms with Crippen LogP contribution in [0.5, 0.6) is 0 Å². The molecule has 0 atom stereocenters. The number of hydrogen-bond donors (Lipinski definition) is 0. The molecule has 0 radical (unpaired) electrons. The number of halogens is 6. The second kappa shape index (κ2) is 15.3. The smallest absolute Gasteiger partial charge is 0.309 e. The Morgan fingerprint density at radius 1 is 0.379 bits per heavy atom. The van der Waals surface area contributed by atoms with E-state index in [0.717, 1.165) is 35.4 Å². The molecular weight excluding hydrogens is 847 g/mol. The molecule has 3 heterocycles. The third-order valence-corrected chi connectivity index (χ3v) is 11.9. The van der Waals surface area contributed by atoms with Crippen LogP contribution in [0.2, 0.25) is 0 Å². The fourth-order valence-electron chi connectivity index (χ4n) is 8.86. The zero-order chi connectivity index (χ0) is 45.3. The predicted molar refractivity (Wildman–Crippen MR) is 245 cm³/mol. The van der Waals surface area contributed by atoms with Crippen LogP contribution in [-0.4, -0.2) is 24.1 Å². The van der Waals surface area contributed by atoms with Crippen molar-refractivity contribution in [2.45, 2.75) is 12.4 Å². The molecule has 66 heavy (non-hydrogen) atoms. The van der Waals surface area contributed by atoms with Crippen molar-refractivity contribution in [1.29, 1.82) is 5.26 Å². The predicted octanol–water partition coefficient (Wildman–Crippen LogP) is 14.6. The quantitative estimate of drug-likeness (QED) is 0.156. The first kappa shape index (κ1) is 40.2. The molecule has 0 N–H and O–H groups in total. The van der Waals surface area contributed by atoms with Crippen molar-refractivity contribution in [3.63, 3.8) is 0 Å². The molecule has 0 aliphatic carbocycles. The molecule has 6 nitrogen and oxygen atoms in total. The van der Waals surface area contributed by atoms with Gasteiger partial charge in [-0.2, -0.15) is 31.6 Å². The summed E-state index contributed by atoms with van der Waals surface area (Å²) in [4.78, 5) is 14.9. The Hall–Kier alpha value is -8.56. The number of nitrogens with zero attached hydrogens (tertiary/aromatic N) is 6. The first-order valence-electron chi connectivity index (χ1n) is 20.7. The van der Waals surface area contributed by atoms with Gasteiger partial charge in [0.1, 0.15) is 0 Å². The van der Waals surface area contributed by atoms with Gasteiger partial charge in [0.15, 0.2) is 17.5 Å². The normalized spacial score (nSPS) is 12.1. The van der Waals surface area contributed by atoms with Gasteiger partial charge >= 0.3 is 12.4 Å². The van der Waals surface area contributed by atoms with Gasteiger partial charge in [0.2, 0.25) is 0 Å². The van der Waals surface area contributed by atoms with Crippen LogP contribution in [0.1, 0.15) is 16.7 Å². The van der Waals surface area contributed by atoms with Gasteiger partial charge in [0.25, 0.3) is 0 Å². The first-order chi connectivity index (χ1) is 31.9. The van der Waals surface area contributed by atoms with Gasteiger partial charge in [-0.15, -0.1) is 0 Å². The van der Waals surface area contributed by atoms with E-state index in [4.69, 9.17) is 15.0 Å². The summed E-state index contributed by atoms with van der Waals surface area (Å²) in [7, 11) is 0. The molecule has 0 amide bonds. The molecule has 8 aromatic carbocycles. The summed E-state index contributed by atoms with van der Waals surface area (Å²) in [5.41, 5.74) is 5.14. The molecule has 0 spiro atoms. The summed E-state index contributed by atoms with van der Waals surface area (Å²) in [6.07, 6.45) is -9.19. The van der Waals surface area contributed by atoms with Crippen molar-refractivity contribution >= 4 is 43.6 Å². The third-order valence-electron chi connectivity index (χ3n) is 11.9. The molecule has 0 saturated heterocycles. The zero-order valence-electron chi connectivity index (χ0n) is 34.3. The Morgan fingerprint density at radius 3 is 1.33 bits per heavy atom. The minimum atomic E-state index is -4.60. The van der Waals surface area contributed by atoms with Crippen molar-refractivity contribution < 1.29 is 26.3 Å². The Morgan fingerprint density at radius 2 is 0.833 bits per heavy atom. The highest BCUT2D eigenvalue weighted by Gasteiger charge is 2.33. The summed E-state index contributed by atoms with van der Waals surface area (Å²) in [6.45, 7) is 0. The molecule has 0 bridgehead atoms. The second-order valence-corrected chi connectivity index (χ2v) is 15.8. The van der Waals surface area contributed by atoms with Crippen LogP contribution in [0.4, 0.5) is 26.3 Å². The van der Waals surface area contributed by atoms with Gasteiger partial charge in [0.05, 0.1) is 56.2 Å². The number of aromatic nitrogens is 5. The molecule has 0 saturated carbocycles. The maximum Gasteiger partial charge on any atom is 0.416 e. The molecule has 0 fully saturated rings. The highest BCUT2D eigenvalue weighted by atomic mass is 19.4. The first-order valence-corrected chi connectivity index (χ1v) is 20.7. The number of alkyl halides is 6. The van der Waals surface area contributed by atoms with Gasteiger partial charge in [-0.1, -0.05) is 103 Å². The monoisotopic (exact) mass is 876 g/mol. The number of benzene rings is 8.